The lowest BCUT2D eigenvalue weighted by Gasteiger charge is -2.12. The average molecular weight is 236 g/mol. The van der Waals surface area contributed by atoms with E-state index in [1.807, 2.05) is 13.8 Å². The topological polar surface area (TPSA) is 77.8 Å². The van der Waals surface area contributed by atoms with Gasteiger partial charge in [0.05, 0.1) is 6.61 Å². The molecule has 2 rings (SSSR count). The van der Waals surface area contributed by atoms with Gasteiger partial charge in [-0.15, -0.1) is 5.10 Å². The van der Waals surface area contributed by atoms with Crippen LogP contribution < -0.4 is 5.32 Å². The van der Waals surface area contributed by atoms with E-state index in [9.17, 15) is 0 Å². The van der Waals surface area contributed by atoms with Crippen molar-refractivity contribution in [3.05, 3.63) is 6.33 Å². The van der Waals surface area contributed by atoms with Gasteiger partial charge in [-0.2, -0.15) is 0 Å². The first kappa shape index (κ1) is 11.7. The number of nitrogens with one attached hydrogen (secondary N) is 1. The summed E-state index contributed by atoms with van der Waals surface area (Å²) in [4.78, 5) is 8.36. The molecule has 0 unspecified atom stereocenters. The van der Waals surface area contributed by atoms with Crippen molar-refractivity contribution in [3.63, 3.8) is 0 Å². The summed E-state index contributed by atoms with van der Waals surface area (Å²) in [7, 11) is 1.67. The zero-order valence-electron chi connectivity index (χ0n) is 10.2. The third-order valence-electron chi connectivity index (χ3n) is 2.40. The molecule has 92 valence electrons. The first-order valence-electron chi connectivity index (χ1n) is 5.56. The van der Waals surface area contributed by atoms with Gasteiger partial charge in [-0.05, 0) is 13.8 Å². The molecule has 0 aliphatic rings. The van der Waals surface area contributed by atoms with Gasteiger partial charge in [0, 0.05) is 19.7 Å². The van der Waals surface area contributed by atoms with E-state index < -0.39 is 0 Å². The summed E-state index contributed by atoms with van der Waals surface area (Å²) in [6, 6.07) is 0.157. The van der Waals surface area contributed by atoms with Gasteiger partial charge in [0.25, 0.3) is 0 Å². The van der Waals surface area contributed by atoms with Gasteiger partial charge in [0.2, 0.25) is 0 Å². The zero-order chi connectivity index (χ0) is 12.3. The number of methoxy groups -OCH3 is 1. The van der Waals surface area contributed by atoms with Gasteiger partial charge in [-0.25, -0.2) is 14.6 Å². The average Bonchev–Trinajstić information content (AvgIpc) is 2.73. The van der Waals surface area contributed by atoms with Crippen LogP contribution in [0.4, 0.5) is 5.82 Å². The molecule has 7 nitrogen and oxygen atoms in total. The van der Waals surface area contributed by atoms with Gasteiger partial charge < -0.3 is 10.1 Å². The smallest absolute Gasteiger partial charge is 0.183 e. The van der Waals surface area contributed by atoms with Crippen molar-refractivity contribution in [1.29, 1.82) is 0 Å². The highest BCUT2D eigenvalue weighted by molar-refractivity contribution is 5.81. The van der Waals surface area contributed by atoms with E-state index >= 15 is 0 Å². The fraction of sp³-hybridized carbons (Fsp3) is 0.600. The molecule has 0 bridgehead atoms. The third kappa shape index (κ3) is 2.33. The molecular formula is C10H16N6O. The minimum Gasteiger partial charge on any atom is -0.383 e. The van der Waals surface area contributed by atoms with Crippen molar-refractivity contribution >= 4 is 17.0 Å². The summed E-state index contributed by atoms with van der Waals surface area (Å²) >= 11 is 0. The first-order valence-corrected chi connectivity index (χ1v) is 5.56. The number of rotatable bonds is 5. The molecule has 0 saturated heterocycles. The van der Waals surface area contributed by atoms with Crippen molar-refractivity contribution in [2.24, 2.45) is 0 Å². The third-order valence-corrected chi connectivity index (χ3v) is 2.40. The molecule has 1 atom stereocenters. The minimum absolute atomic E-state index is 0.157. The Hall–Kier alpha value is -1.76. The molecular weight excluding hydrogens is 220 g/mol. The molecule has 1 N–H and O–H groups in total. The summed E-state index contributed by atoms with van der Waals surface area (Å²) < 4.78 is 6.81. The molecule has 0 saturated carbocycles. The van der Waals surface area contributed by atoms with Crippen molar-refractivity contribution in [3.8, 4) is 0 Å². The normalized spacial score (nSPS) is 12.9. The minimum atomic E-state index is 0.157. The monoisotopic (exact) mass is 236 g/mol. The van der Waals surface area contributed by atoms with Crippen LogP contribution in [0.5, 0.6) is 0 Å². The number of aryl methyl sites for hydroxylation is 1. The maximum absolute atomic E-state index is 5.07. The summed E-state index contributed by atoms with van der Waals surface area (Å²) in [5, 5.41) is 11.3. The van der Waals surface area contributed by atoms with Crippen molar-refractivity contribution in [2.75, 3.05) is 19.0 Å². The van der Waals surface area contributed by atoms with E-state index in [0.717, 1.165) is 12.2 Å². The summed E-state index contributed by atoms with van der Waals surface area (Å²) in [6.45, 7) is 5.35. The van der Waals surface area contributed by atoms with E-state index in [-0.39, 0.29) is 6.04 Å². The molecule has 0 fully saturated rings. The number of fused-ring (bicyclic) bond motifs is 1. The highest BCUT2D eigenvalue weighted by Gasteiger charge is 2.12. The van der Waals surface area contributed by atoms with Crippen LogP contribution in [0.1, 0.15) is 13.8 Å². The Bertz CT molecular complexity index is 497. The molecule has 0 aromatic carbocycles. The Labute approximate surface area is 99.2 Å². The molecule has 0 aliphatic carbocycles. The lowest BCUT2D eigenvalue weighted by Crippen LogP contribution is -2.21. The Balaban J connectivity index is 2.31. The van der Waals surface area contributed by atoms with Crippen LogP contribution in [0.3, 0.4) is 0 Å². The number of aromatic nitrogens is 5. The molecule has 0 aliphatic heterocycles. The Morgan fingerprint density at radius 2 is 2.29 bits per heavy atom. The predicted octanol–water partition coefficient (Wildman–Crippen LogP) is 0.688. The molecule has 0 amide bonds. The molecule has 2 heterocycles. The van der Waals surface area contributed by atoms with Gasteiger partial charge in [0.15, 0.2) is 17.0 Å². The van der Waals surface area contributed by atoms with Crippen molar-refractivity contribution < 1.29 is 4.74 Å². The molecule has 0 radical (unpaired) electrons. The van der Waals surface area contributed by atoms with E-state index in [4.69, 9.17) is 4.74 Å². The summed E-state index contributed by atoms with van der Waals surface area (Å²) in [6.07, 6.45) is 1.51. The number of nitrogens with zero attached hydrogens (tertiary/aromatic N) is 5. The quantitative estimate of drug-likeness (QED) is 0.822. The van der Waals surface area contributed by atoms with E-state index in [2.05, 4.69) is 25.6 Å². The van der Waals surface area contributed by atoms with Crippen LogP contribution in [0.15, 0.2) is 6.33 Å². The second-order valence-electron chi connectivity index (χ2n) is 3.80. The van der Waals surface area contributed by atoms with Crippen molar-refractivity contribution in [2.45, 2.75) is 26.4 Å². The van der Waals surface area contributed by atoms with Gasteiger partial charge in [-0.3, -0.25) is 0 Å². The van der Waals surface area contributed by atoms with Crippen LogP contribution in [0.25, 0.3) is 11.2 Å². The molecule has 7 heteroatoms. The largest absolute Gasteiger partial charge is 0.383 e. The molecule has 2 aromatic heterocycles. The van der Waals surface area contributed by atoms with Gasteiger partial charge in [0.1, 0.15) is 6.33 Å². The second-order valence-corrected chi connectivity index (χ2v) is 3.80. The van der Waals surface area contributed by atoms with Crippen molar-refractivity contribution in [1.82, 2.24) is 25.0 Å². The van der Waals surface area contributed by atoms with Crippen LogP contribution in [-0.2, 0) is 11.3 Å². The summed E-state index contributed by atoms with van der Waals surface area (Å²) in [5.74, 6) is 0.694. The lowest BCUT2D eigenvalue weighted by molar-refractivity contribution is 0.190. The maximum Gasteiger partial charge on any atom is 0.183 e. The number of anilines is 1. The second kappa shape index (κ2) is 5.05. The van der Waals surface area contributed by atoms with Crippen LogP contribution in [0.2, 0.25) is 0 Å². The Morgan fingerprint density at radius 1 is 1.47 bits per heavy atom. The van der Waals surface area contributed by atoms with E-state index in [1.54, 1.807) is 11.8 Å². The predicted molar refractivity (Wildman–Crippen MR) is 63.8 cm³/mol. The van der Waals surface area contributed by atoms with Crippen LogP contribution in [0, 0.1) is 0 Å². The SMILES string of the molecule is CCn1nnc2c(N[C@@H](C)COC)ncnc21. The Morgan fingerprint density at radius 3 is 3.00 bits per heavy atom. The van der Waals surface area contributed by atoms with E-state index in [0.29, 0.717) is 17.9 Å². The number of hydrogen-bond acceptors (Lipinski definition) is 6. The fourth-order valence-electron chi connectivity index (χ4n) is 1.64. The lowest BCUT2D eigenvalue weighted by atomic mass is 10.3. The highest BCUT2D eigenvalue weighted by atomic mass is 16.5. The fourth-order valence-corrected chi connectivity index (χ4v) is 1.64. The first-order chi connectivity index (χ1) is 8.26. The number of hydrogen-bond donors (Lipinski definition) is 1. The standard InChI is InChI=1S/C10H16N6O/c1-4-16-10-8(14-15-16)9(11-6-12-10)13-7(2)5-17-3/h6-7H,4-5H2,1-3H3,(H,11,12,13)/t7-/m0/s1. The van der Waals surface area contributed by atoms with Crippen LogP contribution >= 0.6 is 0 Å². The maximum atomic E-state index is 5.07. The molecule has 0 spiro atoms. The highest BCUT2D eigenvalue weighted by Crippen LogP contribution is 2.16. The molecule has 17 heavy (non-hydrogen) atoms. The zero-order valence-corrected chi connectivity index (χ0v) is 10.2. The van der Waals surface area contributed by atoms with E-state index in [1.165, 1.54) is 6.33 Å². The number of ether oxygens (including phenoxy) is 1. The van der Waals surface area contributed by atoms with Gasteiger partial charge >= 0.3 is 0 Å². The summed E-state index contributed by atoms with van der Waals surface area (Å²) in [5.41, 5.74) is 1.44. The van der Waals surface area contributed by atoms with Crippen LogP contribution in [-0.4, -0.2) is 44.7 Å². The van der Waals surface area contributed by atoms with Gasteiger partial charge in [-0.1, -0.05) is 5.21 Å². The molecule has 2 aromatic rings. The Kier molecular flexibility index (Phi) is 3.48.